The van der Waals surface area contributed by atoms with E-state index >= 15 is 0 Å². The minimum Gasteiger partial charge on any atom is -0.450 e. The molecule has 0 radical (unpaired) electrons. The van der Waals surface area contributed by atoms with E-state index < -0.39 is 0 Å². The van der Waals surface area contributed by atoms with E-state index in [9.17, 15) is 4.79 Å². The summed E-state index contributed by atoms with van der Waals surface area (Å²) in [5.41, 5.74) is 0. The van der Waals surface area contributed by atoms with Crippen LogP contribution >= 0.6 is 0 Å². The van der Waals surface area contributed by atoms with Gasteiger partial charge in [-0.3, -0.25) is 0 Å². The van der Waals surface area contributed by atoms with Crippen molar-refractivity contribution in [1.82, 2.24) is 10.2 Å². The lowest BCUT2D eigenvalue weighted by Crippen LogP contribution is -2.47. The summed E-state index contributed by atoms with van der Waals surface area (Å²) in [6.07, 6.45) is 10.2. The van der Waals surface area contributed by atoms with Crippen molar-refractivity contribution in [3.63, 3.8) is 0 Å². The summed E-state index contributed by atoms with van der Waals surface area (Å²) in [5.74, 6) is 0. The van der Waals surface area contributed by atoms with Crippen molar-refractivity contribution < 1.29 is 9.53 Å². The van der Waals surface area contributed by atoms with Gasteiger partial charge in [-0.15, -0.1) is 0 Å². The number of likely N-dealkylation sites (tertiary alicyclic amines) is 1. The second-order valence-corrected chi connectivity index (χ2v) is 5.09. The van der Waals surface area contributed by atoms with Gasteiger partial charge in [0.1, 0.15) is 0 Å². The maximum atomic E-state index is 11.6. The van der Waals surface area contributed by atoms with Crippen LogP contribution < -0.4 is 5.32 Å². The van der Waals surface area contributed by atoms with Crippen molar-refractivity contribution in [2.24, 2.45) is 0 Å². The first-order chi connectivity index (χ1) is 8.79. The zero-order chi connectivity index (χ0) is 12.8. The summed E-state index contributed by atoms with van der Waals surface area (Å²) in [6.45, 7) is 3.94. The van der Waals surface area contributed by atoms with Crippen LogP contribution in [0.1, 0.15) is 39.0 Å². The highest BCUT2D eigenvalue weighted by atomic mass is 16.6. The molecule has 18 heavy (non-hydrogen) atoms. The van der Waals surface area contributed by atoms with Gasteiger partial charge >= 0.3 is 6.09 Å². The standard InChI is InChI=1S/C14H24N2O2/c1-2-18-14(17)16-10-8-13(9-11-16)15-12-6-4-3-5-7-12/h4,6,12-13,15H,2-3,5,7-11H2,1H3/t12-/m0/s1. The molecule has 1 aliphatic heterocycles. The molecule has 4 heteroatoms. The summed E-state index contributed by atoms with van der Waals surface area (Å²) in [4.78, 5) is 13.4. The van der Waals surface area contributed by atoms with Gasteiger partial charge < -0.3 is 15.0 Å². The van der Waals surface area contributed by atoms with Gasteiger partial charge in [0.2, 0.25) is 0 Å². The van der Waals surface area contributed by atoms with Crippen molar-refractivity contribution >= 4 is 6.09 Å². The topological polar surface area (TPSA) is 41.6 Å². The molecule has 1 fully saturated rings. The third-order valence-corrected chi connectivity index (χ3v) is 3.73. The van der Waals surface area contributed by atoms with E-state index in [-0.39, 0.29) is 6.09 Å². The van der Waals surface area contributed by atoms with Crippen LogP contribution in [-0.4, -0.2) is 42.8 Å². The van der Waals surface area contributed by atoms with Crippen LogP contribution in [0.2, 0.25) is 0 Å². The molecule has 1 N–H and O–H groups in total. The number of amides is 1. The van der Waals surface area contributed by atoms with Gasteiger partial charge in [-0.2, -0.15) is 0 Å². The summed E-state index contributed by atoms with van der Waals surface area (Å²) < 4.78 is 5.02. The van der Waals surface area contributed by atoms with E-state index in [0.717, 1.165) is 25.9 Å². The van der Waals surface area contributed by atoms with E-state index in [1.165, 1.54) is 19.3 Å². The first kappa shape index (κ1) is 13.4. The minimum atomic E-state index is -0.159. The second-order valence-electron chi connectivity index (χ2n) is 5.09. The molecule has 2 rings (SSSR count). The van der Waals surface area contributed by atoms with Crippen LogP contribution in [0.5, 0.6) is 0 Å². The number of carbonyl (C=O) groups excluding carboxylic acids is 1. The number of hydrogen-bond donors (Lipinski definition) is 1. The summed E-state index contributed by atoms with van der Waals surface area (Å²) in [6, 6.07) is 1.08. The lowest BCUT2D eigenvalue weighted by Gasteiger charge is -2.34. The molecule has 0 unspecified atom stereocenters. The Balaban J connectivity index is 1.71. The van der Waals surface area contributed by atoms with Crippen molar-refractivity contribution in [3.05, 3.63) is 12.2 Å². The highest BCUT2D eigenvalue weighted by Crippen LogP contribution is 2.16. The number of carbonyl (C=O) groups is 1. The quantitative estimate of drug-likeness (QED) is 0.784. The molecular weight excluding hydrogens is 228 g/mol. The third kappa shape index (κ3) is 3.73. The van der Waals surface area contributed by atoms with Gasteiger partial charge in [0.15, 0.2) is 0 Å². The number of ether oxygens (including phenoxy) is 1. The van der Waals surface area contributed by atoms with Gasteiger partial charge in [-0.25, -0.2) is 4.79 Å². The molecule has 0 spiro atoms. The molecule has 4 nitrogen and oxygen atoms in total. The highest BCUT2D eigenvalue weighted by molar-refractivity contribution is 5.67. The molecule has 0 aromatic carbocycles. The Kier molecular flexibility index (Phi) is 5.05. The predicted octanol–water partition coefficient (Wildman–Crippen LogP) is 2.31. The Bertz CT molecular complexity index is 296. The van der Waals surface area contributed by atoms with Gasteiger partial charge in [0.25, 0.3) is 0 Å². The van der Waals surface area contributed by atoms with Gasteiger partial charge in [0, 0.05) is 25.2 Å². The number of piperidine rings is 1. The molecule has 2 aliphatic rings. The van der Waals surface area contributed by atoms with E-state index in [1.807, 2.05) is 11.8 Å². The molecule has 1 saturated heterocycles. The number of nitrogens with zero attached hydrogens (tertiary/aromatic N) is 1. The average Bonchev–Trinajstić information content (AvgIpc) is 2.41. The monoisotopic (exact) mass is 252 g/mol. The van der Waals surface area contributed by atoms with E-state index in [4.69, 9.17) is 4.74 Å². The molecule has 1 heterocycles. The molecule has 0 aromatic heterocycles. The van der Waals surface area contributed by atoms with Gasteiger partial charge in [0.05, 0.1) is 6.61 Å². The van der Waals surface area contributed by atoms with Crippen LogP contribution in [0, 0.1) is 0 Å². The Morgan fingerprint density at radius 2 is 2.17 bits per heavy atom. The molecule has 1 aliphatic carbocycles. The summed E-state index contributed by atoms with van der Waals surface area (Å²) in [5, 5.41) is 3.68. The molecule has 1 atom stereocenters. The van der Waals surface area contributed by atoms with Crippen LogP contribution in [0.3, 0.4) is 0 Å². The fourth-order valence-electron chi connectivity index (χ4n) is 2.70. The Morgan fingerprint density at radius 1 is 1.39 bits per heavy atom. The van der Waals surface area contributed by atoms with Crippen LogP contribution in [0.15, 0.2) is 12.2 Å². The first-order valence-electron chi connectivity index (χ1n) is 7.14. The largest absolute Gasteiger partial charge is 0.450 e. The zero-order valence-electron chi connectivity index (χ0n) is 11.2. The molecular formula is C14H24N2O2. The van der Waals surface area contributed by atoms with Crippen molar-refractivity contribution in [2.75, 3.05) is 19.7 Å². The van der Waals surface area contributed by atoms with Crippen molar-refractivity contribution in [2.45, 2.75) is 51.1 Å². The Hall–Kier alpha value is -1.03. The van der Waals surface area contributed by atoms with Gasteiger partial charge in [-0.1, -0.05) is 12.2 Å². The van der Waals surface area contributed by atoms with Crippen LogP contribution in [0.25, 0.3) is 0 Å². The lowest BCUT2D eigenvalue weighted by molar-refractivity contribution is 0.0945. The number of nitrogens with one attached hydrogen (secondary N) is 1. The average molecular weight is 252 g/mol. The van der Waals surface area contributed by atoms with Crippen molar-refractivity contribution in [3.8, 4) is 0 Å². The van der Waals surface area contributed by atoms with Gasteiger partial charge in [-0.05, 0) is 39.0 Å². The van der Waals surface area contributed by atoms with Crippen LogP contribution in [0.4, 0.5) is 4.79 Å². The fraction of sp³-hybridized carbons (Fsp3) is 0.786. The van der Waals surface area contributed by atoms with Crippen molar-refractivity contribution in [1.29, 1.82) is 0 Å². The SMILES string of the molecule is CCOC(=O)N1CCC(N[C@H]2C=CCCC2)CC1. The molecule has 1 amide bonds. The second kappa shape index (κ2) is 6.78. The molecule has 0 saturated carbocycles. The fourth-order valence-corrected chi connectivity index (χ4v) is 2.70. The van der Waals surface area contributed by atoms with E-state index in [0.29, 0.717) is 18.7 Å². The first-order valence-corrected chi connectivity index (χ1v) is 7.14. The Labute approximate surface area is 109 Å². The number of rotatable bonds is 3. The lowest BCUT2D eigenvalue weighted by atomic mass is 9.99. The van der Waals surface area contributed by atoms with E-state index in [1.54, 1.807) is 0 Å². The minimum absolute atomic E-state index is 0.159. The number of hydrogen-bond acceptors (Lipinski definition) is 3. The smallest absolute Gasteiger partial charge is 0.409 e. The Morgan fingerprint density at radius 3 is 2.78 bits per heavy atom. The molecule has 0 aromatic rings. The third-order valence-electron chi connectivity index (χ3n) is 3.73. The predicted molar refractivity (Wildman–Crippen MR) is 71.5 cm³/mol. The maximum Gasteiger partial charge on any atom is 0.409 e. The van der Waals surface area contributed by atoms with E-state index in [2.05, 4.69) is 17.5 Å². The summed E-state index contributed by atoms with van der Waals surface area (Å²) in [7, 11) is 0. The molecule has 0 bridgehead atoms. The summed E-state index contributed by atoms with van der Waals surface area (Å²) >= 11 is 0. The van der Waals surface area contributed by atoms with Crippen LogP contribution in [-0.2, 0) is 4.74 Å². The molecule has 102 valence electrons. The zero-order valence-corrected chi connectivity index (χ0v) is 11.2. The maximum absolute atomic E-state index is 11.6. The normalized spacial score (nSPS) is 25.2. The number of allylic oxidation sites excluding steroid dienone is 1. The highest BCUT2D eigenvalue weighted by Gasteiger charge is 2.24.